The van der Waals surface area contributed by atoms with E-state index in [0.717, 1.165) is 5.56 Å². The maximum atomic E-state index is 13.9. The second-order valence-corrected chi connectivity index (χ2v) is 5.04. The predicted molar refractivity (Wildman–Crippen MR) is 74.9 cm³/mol. The van der Waals surface area contributed by atoms with Crippen LogP contribution >= 0.6 is 0 Å². The Morgan fingerprint density at radius 1 is 1.57 bits per heavy atom. The van der Waals surface area contributed by atoms with E-state index in [1.807, 2.05) is 6.92 Å². The number of amides is 2. The fraction of sp³-hybridized carbons (Fsp3) is 0.400. The summed E-state index contributed by atoms with van der Waals surface area (Å²) in [5.41, 5.74) is 1.09. The van der Waals surface area contributed by atoms with Gasteiger partial charge in [-0.05, 0) is 37.5 Å². The Balaban J connectivity index is 2.18. The predicted octanol–water partition coefficient (Wildman–Crippen LogP) is 1.66. The van der Waals surface area contributed by atoms with Crippen LogP contribution in [0.2, 0.25) is 0 Å². The van der Waals surface area contributed by atoms with Crippen molar-refractivity contribution in [2.75, 3.05) is 11.4 Å². The van der Waals surface area contributed by atoms with Crippen molar-refractivity contribution >= 4 is 17.5 Å². The van der Waals surface area contributed by atoms with Gasteiger partial charge in [0.05, 0.1) is 11.8 Å². The van der Waals surface area contributed by atoms with Crippen molar-refractivity contribution in [1.29, 1.82) is 5.26 Å². The lowest BCUT2D eigenvalue weighted by Crippen LogP contribution is -2.52. The van der Waals surface area contributed by atoms with Gasteiger partial charge in [-0.3, -0.25) is 9.59 Å². The smallest absolute Gasteiger partial charge is 0.249 e. The molecule has 1 heterocycles. The largest absolute Gasteiger partial charge is 0.343 e. The molecule has 0 radical (unpaired) electrons. The number of carbonyl (C=O) groups excluding carboxylic acids is 2. The zero-order valence-electron chi connectivity index (χ0n) is 11.7. The van der Waals surface area contributed by atoms with Crippen molar-refractivity contribution in [2.45, 2.75) is 32.2 Å². The van der Waals surface area contributed by atoms with Crippen molar-refractivity contribution in [2.24, 2.45) is 0 Å². The maximum Gasteiger partial charge on any atom is 0.249 e. The lowest BCUT2D eigenvalue weighted by Gasteiger charge is -2.32. The Bertz CT molecular complexity index is 609. The zero-order chi connectivity index (χ0) is 15.4. The molecule has 1 aromatic rings. The van der Waals surface area contributed by atoms with Crippen LogP contribution in [0.1, 0.15) is 24.8 Å². The Kier molecular flexibility index (Phi) is 4.53. The van der Waals surface area contributed by atoms with Gasteiger partial charge in [-0.25, -0.2) is 4.39 Å². The molecule has 1 unspecified atom stereocenters. The molecular formula is C15H16FN3O2. The second-order valence-electron chi connectivity index (χ2n) is 5.04. The van der Waals surface area contributed by atoms with E-state index in [-0.39, 0.29) is 18.0 Å². The normalized spacial score (nSPS) is 18.2. The van der Waals surface area contributed by atoms with Gasteiger partial charge >= 0.3 is 0 Å². The molecule has 0 aliphatic carbocycles. The fourth-order valence-corrected chi connectivity index (χ4v) is 2.40. The number of rotatable bonds is 3. The fourth-order valence-electron chi connectivity index (χ4n) is 2.40. The number of anilines is 1. The number of hydrogen-bond donors (Lipinski definition) is 1. The van der Waals surface area contributed by atoms with E-state index in [2.05, 4.69) is 5.32 Å². The van der Waals surface area contributed by atoms with E-state index < -0.39 is 17.8 Å². The quantitative estimate of drug-likeness (QED) is 0.919. The number of benzene rings is 1. The number of piperidine rings is 1. The standard InChI is InChI=1S/C15H16FN3O2/c1-10-4-5-11(16)13(9-10)19-8-2-3-12(15(19)21)18-14(20)6-7-17/h4-5,9,12H,2-3,6,8H2,1H3,(H,18,20). The van der Waals surface area contributed by atoms with Crippen LogP contribution in [-0.4, -0.2) is 24.4 Å². The average Bonchev–Trinajstić information content (AvgIpc) is 2.44. The third-order valence-corrected chi connectivity index (χ3v) is 3.41. The summed E-state index contributed by atoms with van der Waals surface area (Å²) >= 11 is 0. The summed E-state index contributed by atoms with van der Waals surface area (Å²) in [6.45, 7) is 2.24. The van der Waals surface area contributed by atoms with E-state index in [9.17, 15) is 14.0 Å². The molecule has 110 valence electrons. The van der Waals surface area contributed by atoms with Gasteiger partial charge in [-0.15, -0.1) is 0 Å². The SMILES string of the molecule is Cc1ccc(F)c(N2CCCC(NC(=O)CC#N)C2=O)c1. The van der Waals surface area contributed by atoms with E-state index in [1.165, 1.54) is 11.0 Å². The minimum Gasteiger partial charge on any atom is -0.343 e. The molecule has 21 heavy (non-hydrogen) atoms. The summed E-state index contributed by atoms with van der Waals surface area (Å²) in [5.74, 6) is -1.28. The summed E-state index contributed by atoms with van der Waals surface area (Å²) in [4.78, 5) is 25.2. The number of aryl methyl sites for hydroxylation is 1. The average molecular weight is 289 g/mol. The van der Waals surface area contributed by atoms with Gasteiger partial charge in [0.1, 0.15) is 18.3 Å². The van der Waals surface area contributed by atoms with Crippen molar-refractivity contribution in [3.63, 3.8) is 0 Å². The van der Waals surface area contributed by atoms with Gasteiger partial charge in [0.25, 0.3) is 0 Å². The van der Waals surface area contributed by atoms with Crippen LogP contribution in [0, 0.1) is 24.1 Å². The molecule has 1 atom stereocenters. The van der Waals surface area contributed by atoms with Crippen LogP contribution in [0.5, 0.6) is 0 Å². The van der Waals surface area contributed by atoms with E-state index in [4.69, 9.17) is 5.26 Å². The summed E-state index contributed by atoms with van der Waals surface area (Å²) in [5, 5.41) is 11.0. The lowest BCUT2D eigenvalue weighted by molar-refractivity contribution is -0.128. The van der Waals surface area contributed by atoms with E-state index >= 15 is 0 Å². The van der Waals surface area contributed by atoms with Gasteiger partial charge in [0, 0.05) is 6.54 Å². The second kappa shape index (κ2) is 6.35. The summed E-state index contributed by atoms with van der Waals surface area (Å²) in [7, 11) is 0. The third-order valence-electron chi connectivity index (χ3n) is 3.41. The molecule has 2 amide bonds. The molecule has 0 saturated carbocycles. The highest BCUT2D eigenvalue weighted by Gasteiger charge is 2.31. The number of hydrogen-bond acceptors (Lipinski definition) is 3. The van der Waals surface area contributed by atoms with Crippen LogP contribution in [0.3, 0.4) is 0 Å². The molecule has 0 spiro atoms. The number of halogens is 1. The Hall–Kier alpha value is -2.42. The molecule has 6 heteroatoms. The minimum atomic E-state index is -0.695. The Labute approximate surface area is 122 Å². The first-order valence-electron chi connectivity index (χ1n) is 6.77. The molecule has 1 aliphatic rings. The third kappa shape index (κ3) is 3.37. The number of nitrogens with one attached hydrogen (secondary N) is 1. The summed E-state index contributed by atoms with van der Waals surface area (Å²) in [6, 6.07) is 5.62. The molecule has 1 N–H and O–H groups in total. The van der Waals surface area contributed by atoms with Crippen molar-refractivity contribution < 1.29 is 14.0 Å². The first-order valence-corrected chi connectivity index (χ1v) is 6.77. The molecule has 1 aliphatic heterocycles. The summed E-state index contributed by atoms with van der Waals surface area (Å²) in [6.07, 6.45) is 0.874. The molecule has 1 saturated heterocycles. The zero-order valence-corrected chi connectivity index (χ0v) is 11.7. The molecule has 0 bridgehead atoms. The molecule has 2 rings (SSSR count). The topological polar surface area (TPSA) is 73.2 Å². The number of nitriles is 1. The minimum absolute atomic E-state index is 0.235. The molecule has 0 aromatic heterocycles. The van der Waals surface area contributed by atoms with Crippen molar-refractivity contribution in [3.05, 3.63) is 29.6 Å². The van der Waals surface area contributed by atoms with E-state index in [1.54, 1.807) is 18.2 Å². The van der Waals surface area contributed by atoms with Gasteiger partial charge < -0.3 is 10.2 Å². The van der Waals surface area contributed by atoms with Crippen LogP contribution in [0.25, 0.3) is 0 Å². The summed E-state index contributed by atoms with van der Waals surface area (Å²) < 4.78 is 13.9. The van der Waals surface area contributed by atoms with Crippen molar-refractivity contribution in [1.82, 2.24) is 5.32 Å². The molecule has 1 fully saturated rings. The van der Waals surface area contributed by atoms with Gasteiger partial charge in [0.2, 0.25) is 11.8 Å². The number of nitrogens with zero attached hydrogens (tertiary/aromatic N) is 2. The molecule has 1 aromatic carbocycles. The van der Waals surface area contributed by atoms with Crippen LogP contribution in [0.15, 0.2) is 18.2 Å². The lowest BCUT2D eigenvalue weighted by atomic mass is 10.0. The van der Waals surface area contributed by atoms with Gasteiger partial charge in [-0.2, -0.15) is 5.26 Å². The van der Waals surface area contributed by atoms with Crippen LogP contribution in [0.4, 0.5) is 10.1 Å². The van der Waals surface area contributed by atoms with Crippen LogP contribution < -0.4 is 10.2 Å². The van der Waals surface area contributed by atoms with E-state index in [0.29, 0.717) is 19.4 Å². The first kappa shape index (κ1) is 15.0. The highest BCUT2D eigenvalue weighted by molar-refractivity contribution is 6.00. The Morgan fingerprint density at radius 3 is 3.05 bits per heavy atom. The molecule has 5 nitrogen and oxygen atoms in total. The number of carbonyl (C=O) groups is 2. The maximum absolute atomic E-state index is 13.9. The molecular weight excluding hydrogens is 273 g/mol. The van der Waals surface area contributed by atoms with Crippen LogP contribution in [-0.2, 0) is 9.59 Å². The Morgan fingerprint density at radius 2 is 2.33 bits per heavy atom. The highest BCUT2D eigenvalue weighted by Crippen LogP contribution is 2.25. The van der Waals surface area contributed by atoms with Gasteiger partial charge in [0.15, 0.2) is 0 Å². The monoisotopic (exact) mass is 289 g/mol. The highest BCUT2D eigenvalue weighted by atomic mass is 19.1. The van der Waals surface area contributed by atoms with Gasteiger partial charge in [-0.1, -0.05) is 6.07 Å². The van der Waals surface area contributed by atoms with Crippen molar-refractivity contribution in [3.8, 4) is 6.07 Å². The first-order chi connectivity index (χ1) is 10.0.